The highest BCUT2D eigenvalue weighted by Gasteiger charge is 2.21. The average molecular weight is 349 g/mol. The van der Waals surface area contributed by atoms with Gasteiger partial charge in [-0.15, -0.1) is 0 Å². The number of rotatable bonds is 5. The van der Waals surface area contributed by atoms with Gasteiger partial charge >= 0.3 is 0 Å². The quantitative estimate of drug-likeness (QED) is 0.663. The molecule has 0 saturated carbocycles. The molecule has 1 aliphatic rings. The van der Waals surface area contributed by atoms with Crippen molar-refractivity contribution in [1.82, 2.24) is 25.2 Å². The molecule has 2 aromatic heterocycles. The number of imidazole rings is 1. The number of hydrogen-bond donors (Lipinski definition) is 3. The Labute approximate surface area is 152 Å². The second-order valence-electron chi connectivity index (χ2n) is 6.59. The summed E-state index contributed by atoms with van der Waals surface area (Å²) in [4.78, 5) is 20.2. The molecule has 0 spiro atoms. The first kappa shape index (κ1) is 16.6. The summed E-state index contributed by atoms with van der Waals surface area (Å²) < 4.78 is 2.11. The molecule has 0 fully saturated rings. The summed E-state index contributed by atoms with van der Waals surface area (Å²) in [5, 5.41) is 6.41. The molecule has 1 aromatic carbocycles. The number of hydrogen-bond acceptors (Lipinski definition) is 3. The van der Waals surface area contributed by atoms with Gasteiger partial charge in [0.15, 0.2) is 0 Å². The second-order valence-corrected chi connectivity index (χ2v) is 6.59. The molecule has 4 rings (SSSR count). The predicted octanol–water partition coefficient (Wildman–Crippen LogP) is 2.51. The molecule has 26 heavy (non-hydrogen) atoms. The van der Waals surface area contributed by atoms with Crippen LogP contribution in [0.4, 0.5) is 0 Å². The molecule has 0 saturated heterocycles. The van der Waals surface area contributed by atoms with E-state index in [1.54, 1.807) is 0 Å². The van der Waals surface area contributed by atoms with Gasteiger partial charge in [-0.25, -0.2) is 4.98 Å². The summed E-state index contributed by atoms with van der Waals surface area (Å²) in [7, 11) is 0. The normalized spacial score (nSPS) is 16.3. The number of nitrogens with zero attached hydrogens (tertiary/aromatic N) is 2. The Kier molecular flexibility index (Phi) is 4.58. The molecule has 134 valence electrons. The maximum absolute atomic E-state index is 12.5. The lowest BCUT2D eigenvalue weighted by Gasteiger charge is -2.24. The van der Waals surface area contributed by atoms with Gasteiger partial charge in [-0.05, 0) is 24.6 Å². The van der Waals surface area contributed by atoms with E-state index >= 15 is 0 Å². The first-order valence-corrected chi connectivity index (χ1v) is 9.02. The maximum atomic E-state index is 12.5. The zero-order chi connectivity index (χ0) is 17.9. The predicted molar refractivity (Wildman–Crippen MR) is 101 cm³/mol. The number of benzene rings is 1. The number of aromatic amines is 1. The number of nitrogens with one attached hydrogen (secondary N) is 3. The molecule has 1 unspecified atom stereocenters. The van der Waals surface area contributed by atoms with Crippen molar-refractivity contribution in [3.8, 4) is 11.3 Å². The zero-order valence-electron chi connectivity index (χ0n) is 14.8. The molecule has 1 aliphatic heterocycles. The molecule has 6 nitrogen and oxygen atoms in total. The highest BCUT2D eigenvalue weighted by atomic mass is 16.1. The van der Waals surface area contributed by atoms with Crippen LogP contribution in [0.2, 0.25) is 0 Å². The summed E-state index contributed by atoms with van der Waals surface area (Å²) >= 11 is 0. The van der Waals surface area contributed by atoms with Gasteiger partial charge in [0.05, 0.1) is 11.9 Å². The number of H-pyrrole nitrogens is 1. The highest BCUT2D eigenvalue weighted by Crippen LogP contribution is 2.20. The largest absolute Gasteiger partial charge is 0.350 e. The second kappa shape index (κ2) is 7.17. The van der Waals surface area contributed by atoms with E-state index in [1.165, 1.54) is 5.69 Å². The van der Waals surface area contributed by atoms with Gasteiger partial charge in [0, 0.05) is 37.8 Å². The Morgan fingerprint density at radius 3 is 2.96 bits per heavy atom. The molecular formula is C20H23N5O. The van der Waals surface area contributed by atoms with Crippen molar-refractivity contribution in [3.05, 3.63) is 65.9 Å². The van der Waals surface area contributed by atoms with Gasteiger partial charge < -0.3 is 20.2 Å². The molecular weight excluding hydrogens is 326 g/mol. The minimum absolute atomic E-state index is 0.0276. The van der Waals surface area contributed by atoms with Crippen LogP contribution in [-0.4, -0.2) is 33.5 Å². The highest BCUT2D eigenvalue weighted by molar-refractivity contribution is 5.93. The maximum Gasteiger partial charge on any atom is 0.267 e. The van der Waals surface area contributed by atoms with Gasteiger partial charge in [0.2, 0.25) is 0 Å². The van der Waals surface area contributed by atoms with E-state index in [2.05, 4.69) is 32.1 Å². The summed E-state index contributed by atoms with van der Waals surface area (Å²) in [6.07, 6.45) is 2.51. The Balaban J connectivity index is 1.35. The lowest BCUT2D eigenvalue weighted by atomic mass is 10.2. The first-order chi connectivity index (χ1) is 12.7. The van der Waals surface area contributed by atoms with Crippen molar-refractivity contribution in [1.29, 1.82) is 0 Å². The van der Waals surface area contributed by atoms with Crippen LogP contribution in [0.3, 0.4) is 0 Å². The number of aromatic nitrogens is 3. The number of fused-ring (bicyclic) bond motifs is 1. The van der Waals surface area contributed by atoms with Crippen LogP contribution in [0.15, 0.2) is 48.7 Å². The van der Waals surface area contributed by atoms with Crippen LogP contribution in [0.25, 0.3) is 11.3 Å². The van der Waals surface area contributed by atoms with E-state index in [0.717, 1.165) is 35.9 Å². The van der Waals surface area contributed by atoms with Crippen molar-refractivity contribution in [2.45, 2.75) is 25.9 Å². The molecule has 1 atom stereocenters. The van der Waals surface area contributed by atoms with Crippen molar-refractivity contribution in [3.63, 3.8) is 0 Å². The molecule has 3 aromatic rings. The minimum atomic E-state index is -0.0276. The molecule has 6 heteroatoms. The van der Waals surface area contributed by atoms with Crippen molar-refractivity contribution in [2.75, 3.05) is 13.1 Å². The van der Waals surface area contributed by atoms with E-state index < -0.39 is 0 Å². The summed E-state index contributed by atoms with van der Waals surface area (Å²) in [6, 6.07) is 14.3. The standard InChI is InChI=1S/C20H23N5O/c1-14-17-7-8-18(25(17)12-11-21-14)20(26)22-10-9-19-23-13-16(24-19)15-5-3-2-4-6-15/h2-8,13-14,21H,9-12H2,1H3,(H,22,26)(H,23,24). The first-order valence-electron chi connectivity index (χ1n) is 9.02. The van der Waals surface area contributed by atoms with Crippen molar-refractivity contribution < 1.29 is 4.79 Å². The van der Waals surface area contributed by atoms with Crippen LogP contribution in [0.1, 0.15) is 35.0 Å². The summed E-state index contributed by atoms with van der Waals surface area (Å²) in [5.74, 6) is 0.847. The van der Waals surface area contributed by atoms with Crippen LogP contribution >= 0.6 is 0 Å². The van der Waals surface area contributed by atoms with Gasteiger partial charge in [-0.2, -0.15) is 0 Å². The Hall–Kier alpha value is -2.86. The number of amides is 1. The molecule has 3 N–H and O–H groups in total. The monoisotopic (exact) mass is 349 g/mol. The van der Waals surface area contributed by atoms with E-state index in [4.69, 9.17) is 0 Å². The van der Waals surface area contributed by atoms with Gasteiger partial charge in [-0.1, -0.05) is 30.3 Å². The Bertz CT molecular complexity index is 896. The lowest BCUT2D eigenvalue weighted by Crippen LogP contribution is -2.35. The van der Waals surface area contributed by atoms with Crippen molar-refractivity contribution >= 4 is 5.91 Å². The third kappa shape index (κ3) is 3.28. The number of carbonyl (C=O) groups excluding carboxylic acids is 1. The third-order valence-electron chi connectivity index (χ3n) is 4.84. The molecule has 0 bridgehead atoms. The average Bonchev–Trinajstić information content (AvgIpc) is 3.30. The fraction of sp³-hybridized carbons (Fsp3) is 0.300. The third-order valence-corrected chi connectivity index (χ3v) is 4.84. The topological polar surface area (TPSA) is 74.7 Å². The van der Waals surface area contributed by atoms with E-state index in [-0.39, 0.29) is 11.9 Å². The fourth-order valence-corrected chi connectivity index (χ4v) is 3.45. The van der Waals surface area contributed by atoms with Gasteiger partial charge in [-0.3, -0.25) is 4.79 Å². The van der Waals surface area contributed by atoms with Crippen LogP contribution in [0, 0.1) is 0 Å². The Morgan fingerprint density at radius 1 is 1.27 bits per heavy atom. The zero-order valence-corrected chi connectivity index (χ0v) is 14.8. The summed E-state index contributed by atoms with van der Waals surface area (Å²) in [6.45, 7) is 4.38. The van der Waals surface area contributed by atoms with Crippen molar-refractivity contribution in [2.24, 2.45) is 0 Å². The minimum Gasteiger partial charge on any atom is -0.350 e. The van der Waals surface area contributed by atoms with Gasteiger partial charge in [0.25, 0.3) is 5.91 Å². The van der Waals surface area contributed by atoms with Crippen LogP contribution in [-0.2, 0) is 13.0 Å². The van der Waals surface area contributed by atoms with Crippen LogP contribution < -0.4 is 10.6 Å². The Morgan fingerprint density at radius 2 is 2.12 bits per heavy atom. The fourth-order valence-electron chi connectivity index (χ4n) is 3.45. The van der Waals surface area contributed by atoms with Crippen LogP contribution in [0.5, 0.6) is 0 Å². The van der Waals surface area contributed by atoms with E-state index in [0.29, 0.717) is 13.0 Å². The molecule has 1 amide bonds. The SMILES string of the molecule is CC1NCCn2c(C(=O)NCCc3ncc(-c4ccccc4)[nH]3)ccc21. The van der Waals surface area contributed by atoms with E-state index in [1.807, 2.05) is 48.7 Å². The smallest absolute Gasteiger partial charge is 0.267 e. The lowest BCUT2D eigenvalue weighted by molar-refractivity contribution is 0.0943. The molecule has 0 aliphatic carbocycles. The molecule has 3 heterocycles. The summed E-state index contributed by atoms with van der Waals surface area (Å²) in [5.41, 5.74) is 4.00. The van der Waals surface area contributed by atoms with Gasteiger partial charge in [0.1, 0.15) is 11.5 Å². The van der Waals surface area contributed by atoms with E-state index in [9.17, 15) is 4.79 Å². The molecule has 0 radical (unpaired) electrons. The number of carbonyl (C=O) groups is 1.